The van der Waals surface area contributed by atoms with Gasteiger partial charge in [-0.25, -0.2) is 4.39 Å². The summed E-state index contributed by atoms with van der Waals surface area (Å²) >= 11 is 0. The fourth-order valence-corrected chi connectivity index (χ4v) is 1.08. The first-order valence-corrected chi connectivity index (χ1v) is 4.69. The van der Waals surface area contributed by atoms with Gasteiger partial charge in [-0.3, -0.25) is 9.78 Å². The Morgan fingerprint density at radius 2 is 2.33 bits per heavy atom. The average molecular weight is 211 g/mol. The summed E-state index contributed by atoms with van der Waals surface area (Å²) in [5.74, 6) is -0.457. The van der Waals surface area contributed by atoms with E-state index in [1.54, 1.807) is 13.1 Å². The van der Waals surface area contributed by atoms with Gasteiger partial charge in [0.05, 0.1) is 18.4 Å². The summed E-state index contributed by atoms with van der Waals surface area (Å²) in [4.78, 5) is 14.9. The number of carbonyl (C=O) groups is 1. The van der Waals surface area contributed by atoms with Gasteiger partial charge in [-0.05, 0) is 19.1 Å². The Kier molecular flexibility index (Phi) is 4.17. The quantitative estimate of drug-likeness (QED) is 0.767. The van der Waals surface area contributed by atoms with Gasteiger partial charge in [-0.2, -0.15) is 0 Å². The highest BCUT2D eigenvalue weighted by Crippen LogP contribution is 2.08. The molecular weight excluding hydrogens is 197 g/mol. The Morgan fingerprint density at radius 3 is 2.87 bits per heavy atom. The van der Waals surface area contributed by atoms with Crippen LogP contribution < -0.4 is 10.6 Å². The molecule has 1 aromatic rings. The third-order valence-electron chi connectivity index (χ3n) is 2.04. The van der Waals surface area contributed by atoms with Gasteiger partial charge in [-0.1, -0.05) is 0 Å². The van der Waals surface area contributed by atoms with Crippen molar-refractivity contribution >= 4 is 5.91 Å². The molecule has 1 rings (SSSR count). The van der Waals surface area contributed by atoms with Crippen LogP contribution in [0.5, 0.6) is 0 Å². The van der Waals surface area contributed by atoms with E-state index in [4.69, 9.17) is 0 Å². The van der Waals surface area contributed by atoms with Crippen LogP contribution in [0.25, 0.3) is 0 Å². The van der Waals surface area contributed by atoms with E-state index in [0.717, 1.165) is 6.20 Å². The van der Waals surface area contributed by atoms with E-state index in [2.05, 4.69) is 15.6 Å². The zero-order chi connectivity index (χ0) is 11.3. The summed E-state index contributed by atoms with van der Waals surface area (Å²) in [5, 5.41) is 5.47. The number of likely N-dealkylation sites (N-methyl/N-ethyl adjacent to an activating group) is 1. The van der Waals surface area contributed by atoms with Crippen LogP contribution in [0.1, 0.15) is 18.7 Å². The minimum absolute atomic E-state index is 0.0806. The number of nitrogens with one attached hydrogen (secondary N) is 2. The fourth-order valence-electron chi connectivity index (χ4n) is 1.08. The standard InChI is InChI=1S/C10H14FN3O/c1-7(13-6-10(15)12-2)9-4-3-8(11)5-14-9/h3-5,7,13H,6H2,1-2H3,(H,12,15). The minimum atomic E-state index is -0.364. The number of hydrogen-bond acceptors (Lipinski definition) is 3. The molecule has 5 heteroatoms. The Balaban J connectivity index is 2.50. The molecule has 0 aliphatic rings. The second-order valence-corrected chi connectivity index (χ2v) is 3.18. The van der Waals surface area contributed by atoms with Crippen molar-refractivity contribution in [1.29, 1.82) is 0 Å². The Hall–Kier alpha value is -1.49. The second kappa shape index (κ2) is 5.41. The molecule has 0 aromatic carbocycles. The van der Waals surface area contributed by atoms with Gasteiger partial charge in [0.2, 0.25) is 5.91 Å². The van der Waals surface area contributed by atoms with E-state index in [1.165, 1.54) is 6.07 Å². The number of hydrogen-bond donors (Lipinski definition) is 2. The van der Waals surface area contributed by atoms with E-state index < -0.39 is 0 Å². The molecule has 0 bridgehead atoms. The molecule has 0 radical (unpaired) electrons. The van der Waals surface area contributed by atoms with Crippen molar-refractivity contribution in [3.05, 3.63) is 29.8 Å². The third-order valence-corrected chi connectivity index (χ3v) is 2.04. The normalized spacial score (nSPS) is 12.2. The van der Waals surface area contributed by atoms with Gasteiger partial charge in [0.1, 0.15) is 5.82 Å². The van der Waals surface area contributed by atoms with Gasteiger partial charge in [0, 0.05) is 13.1 Å². The zero-order valence-corrected chi connectivity index (χ0v) is 8.75. The van der Waals surface area contributed by atoms with Crippen molar-refractivity contribution in [3.63, 3.8) is 0 Å². The van der Waals surface area contributed by atoms with Gasteiger partial charge in [-0.15, -0.1) is 0 Å². The molecule has 0 spiro atoms. The van der Waals surface area contributed by atoms with Crippen molar-refractivity contribution in [3.8, 4) is 0 Å². The zero-order valence-electron chi connectivity index (χ0n) is 8.75. The summed E-state index contributed by atoms with van der Waals surface area (Å²) < 4.78 is 12.6. The van der Waals surface area contributed by atoms with E-state index in [1.807, 2.05) is 6.92 Å². The van der Waals surface area contributed by atoms with Crippen molar-refractivity contribution in [2.24, 2.45) is 0 Å². The Labute approximate surface area is 87.9 Å². The van der Waals surface area contributed by atoms with Gasteiger partial charge in [0.15, 0.2) is 0 Å². The number of aromatic nitrogens is 1. The van der Waals surface area contributed by atoms with Crippen molar-refractivity contribution in [2.75, 3.05) is 13.6 Å². The lowest BCUT2D eigenvalue weighted by Gasteiger charge is -2.12. The molecule has 0 saturated carbocycles. The van der Waals surface area contributed by atoms with E-state index in [0.29, 0.717) is 5.69 Å². The topological polar surface area (TPSA) is 54.0 Å². The molecule has 4 nitrogen and oxygen atoms in total. The number of nitrogens with zero attached hydrogens (tertiary/aromatic N) is 1. The molecule has 0 fully saturated rings. The SMILES string of the molecule is CNC(=O)CNC(C)c1ccc(F)cn1. The summed E-state index contributed by atoms with van der Waals surface area (Å²) in [7, 11) is 1.57. The summed E-state index contributed by atoms with van der Waals surface area (Å²) in [6.07, 6.45) is 1.16. The van der Waals surface area contributed by atoms with Crippen molar-refractivity contribution in [2.45, 2.75) is 13.0 Å². The monoisotopic (exact) mass is 211 g/mol. The maximum atomic E-state index is 12.6. The molecule has 0 saturated heterocycles. The predicted molar refractivity (Wildman–Crippen MR) is 54.7 cm³/mol. The summed E-state index contributed by atoms with van der Waals surface area (Å²) in [6.45, 7) is 2.08. The lowest BCUT2D eigenvalue weighted by molar-refractivity contribution is -0.119. The molecule has 1 heterocycles. The highest BCUT2D eigenvalue weighted by molar-refractivity contribution is 5.77. The number of pyridine rings is 1. The smallest absolute Gasteiger partial charge is 0.233 e. The number of amides is 1. The first-order chi connectivity index (χ1) is 7.13. The molecule has 15 heavy (non-hydrogen) atoms. The van der Waals surface area contributed by atoms with E-state index in [9.17, 15) is 9.18 Å². The molecule has 0 aliphatic carbocycles. The molecule has 1 atom stereocenters. The van der Waals surface area contributed by atoms with Crippen LogP contribution in [0, 0.1) is 5.82 Å². The summed E-state index contributed by atoms with van der Waals surface area (Å²) in [5.41, 5.74) is 0.709. The first-order valence-electron chi connectivity index (χ1n) is 4.69. The molecule has 1 aromatic heterocycles. The van der Waals surface area contributed by atoms with Crippen LogP contribution in [-0.4, -0.2) is 24.5 Å². The van der Waals surface area contributed by atoms with Crippen LogP contribution in [-0.2, 0) is 4.79 Å². The maximum Gasteiger partial charge on any atom is 0.233 e. The third kappa shape index (κ3) is 3.63. The number of halogens is 1. The highest BCUT2D eigenvalue weighted by Gasteiger charge is 2.07. The van der Waals surface area contributed by atoms with Crippen molar-refractivity contribution in [1.82, 2.24) is 15.6 Å². The first kappa shape index (κ1) is 11.6. The molecule has 82 valence electrons. The van der Waals surface area contributed by atoms with Crippen LogP contribution in [0.2, 0.25) is 0 Å². The van der Waals surface area contributed by atoms with Crippen molar-refractivity contribution < 1.29 is 9.18 Å². The second-order valence-electron chi connectivity index (χ2n) is 3.18. The van der Waals surface area contributed by atoms with Gasteiger partial charge >= 0.3 is 0 Å². The fraction of sp³-hybridized carbons (Fsp3) is 0.400. The minimum Gasteiger partial charge on any atom is -0.358 e. The van der Waals surface area contributed by atoms with E-state index >= 15 is 0 Å². The van der Waals surface area contributed by atoms with Crippen LogP contribution in [0.15, 0.2) is 18.3 Å². The Bertz CT molecular complexity index is 326. The number of carbonyl (C=O) groups excluding carboxylic acids is 1. The van der Waals surface area contributed by atoms with Crippen LogP contribution >= 0.6 is 0 Å². The molecule has 2 N–H and O–H groups in total. The molecular formula is C10H14FN3O. The van der Waals surface area contributed by atoms with Crippen LogP contribution in [0.4, 0.5) is 4.39 Å². The highest BCUT2D eigenvalue weighted by atomic mass is 19.1. The van der Waals surface area contributed by atoms with E-state index in [-0.39, 0.29) is 24.3 Å². The Morgan fingerprint density at radius 1 is 1.60 bits per heavy atom. The van der Waals surface area contributed by atoms with Crippen LogP contribution in [0.3, 0.4) is 0 Å². The average Bonchev–Trinajstić information content (AvgIpc) is 2.26. The lowest BCUT2D eigenvalue weighted by Crippen LogP contribution is -2.33. The lowest BCUT2D eigenvalue weighted by atomic mass is 10.2. The van der Waals surface area contributed by atoms with Gasteiger partial charge < -0.3 is 10.6 Å². The summed E-state index contributed by atoms with van der Waals surface area (Å²) in [6, 6.07) is 2.86. The largest absolute Gasteiger partial charge is 0.358 e. The molecule has 0 aliphatic heterocycles. The van der Waals surface area contributed by atoms with Gasteiger partial charge in [0.25, 0.3) is 0 Å². The molecule has 1 unspecified atom stereocenters. The number of rotatable bonds is 4. The maximum absolute atomic E-state index is 12.6. The molecule has 1 amide bonds. The predicted octanol–water partition coefficient (Wildman–Crippen LogP) is 0.617.